The van der Waals surface area contributed by atoms with Gasteiger partial charge in [-0.25, -0.2) is 0 Å². The van der Waals surface area contributed by atoms with E-state index in [0.29, 0.717) is 12.1 Å². The highest BCUT2D eigenvalue weighted by atomic mass is 16.3. The van der Waals surface area contributed by atoms with Crippen LogP contribution in [0.25, 0.3) is 10.9 Å². The molecule has 1 aromatic carbocycles. The largest absolute Gasteiger partial charge is 0.385 e. The lowest BCUT2D eigenvalue weighted by molar-refractivity contribution is -0.0101. The van der Waals surface area contributed by atoms with Gasteiger partial charge in [-0.3, -0.25) is 4.98 Å². The Morgan fingerprint density at radius 3 is 2.63 bits per heavy atom. The van der Waals surface area contributed by atoms with Gasteiger partial charge in [0.05, 0.1) is 11.1 Å². The summed E-state index contributed by atoms with van der Waals surface area (Å²) >= 11 is 0. The minimum Gasteiger partial charge on any atom is -0.385 e. The molecule has 4 rings (SSSR count). The van der Waals surface area contributed by atoms with Crippen LogP contribution in [0.3, 0.4) is 0 Å². The first-order valence-corrected chi connectivity index (χ1v) is 7.07. The van der Waals surface area contributed by atoms with Gasteiger partial charge in [-0.1, -0.05) is 18.2 Å². The summed E-state index contributed by atoms with van der Waals surface area (Å²) in [7, 11) is 0. The Kier molecular flexibility index (Phi) is 2.41. The molecule has 0 spiro atoms. The maximum absolute atomic E-state index is 11.2. The Balaban J connectivity index is 1.85. The van der Waals surface area contributed by atoms with E-state index in [1.54, 1.807) is 0 Å². The van der Waals surface area contributed by atoms with Crippen molar-refractivity contribution in [1.29, 1.82) is 0 Å². The number of rotatable bonds is 1. The molecule has 2 aromatic rings. The van der Waals surface area contributed by atoms with Gasteiger partial charge in [0.1, 0.15) is 0 Å². The summed E-state index contributed by atoms with van der Waals surface area (Å²) in [6, 6.07) is 11.0. The molecule has 19 heavy (non-hydrogen) atoms. The van der Waals surface area contributed by atoms with Crippen LogP contribution >= 0.6 is 0 Å². The maximum Gasteiger partial charge on any atom is 0.0933 e. The van der Waals surface area contributed by atoms with Crippen LogP contribution in [-0.4, -0.2) is 22.2 Å². The topological polar surface area (TPSA) is 45.2 Å². The SMILES string of the molecule is OC1(c2ccnc3ccccc23)CC2CCC(C1)N2. The van der Waals surface area contributed by atoms with Gasteiger partial charge in [-0.2, -0.15) is 0 Å². The van der Waals surface area contributed by atoms with Gasteiger partial charge in [0.2, 0.25) is 0 Å². The highest BCUT2D eigenvalue weighted by Gasteiger charge is 2.44. The van der Waals surface area contributed by atoms with E-state index in [-0.39, 0.29) is 0 Å². The molecule has 2 aliphatic rings. The molecule has 2 bridgehead atoms. The highest BCUT2D eigenvalue weighted by Crippen LogP contribution is 2.42. The van der Waals surface area contributed by atoms with Gasteiger partial charge in [-0.15, -0.1) is 0 Å². The van der Waals surface area contributed by atoms with Crippen LogP contribution in [0, 0.1) is 0 Å². The number of benzene rings is 1. The second-order valence-corrected chi connectivity index (χ2v) is 5.95. The third-order valence-corrected chi connectivity index (χ3v) is 4.65. The quantitative estimate of drug-likeness (QED) is 0.821. The third kappa shape index (κ3) is 1.77. The molecule has 2 aliphatic heterocycles. The van der Waals surface area contributed by atoms with E-state index in [2.05, 4.69) is 16.4 Å². The second kappa shape index (κ2) is 4.02. The van der Waals surface area contributed by atoms with E-state index in [4.69, 9.17) is 0 Å². The first kappa shape index (κ1) is 11.4. The molecular weight excluding hydrogens is 236 g/mol. The molecule has 2 atom stereocenters. The second-order valence-electron chi connectivity index (χ2n) is 5.95. The Labute approximate surface area is 112 Å². The zero-order valence-corrected chi connectivity index (χ0v) is 10.8. The number of piperidine rings is 1. The van der Waals surface area contributed by atoms with Crippen LogP contribution in [0.5, 0.6) is 0 Å². The van der Waals surface area contributed by atoms with Crippen molar-refractivity contribution in [2.24, 2.45) is 0 Å². The number of nitrogens with one attached hydrogen (secondary N) is 1. The molecule has 3 nitrogen and oxygen atoms in total. The van der Waals surface area contributed by atoms with Crippen LogP contribution < -0.4 is 5.32 Å². The Morgan fingerprint density at radius 1 is 1.11 bits per heavy atom. The maximum atomic E-state index is 11.2. The monoisotopic (exact) mass is 254 g/mol. The molecule has 3 heteroatoms. The number of para-hydroxylation sites is 1. The molecule has 2 unspecified atom stereocenters. The van der Waals surface area contributed by atoms with Gasteiger partial charge >= 0.3 is 0 Å². The molecule has 1 aromatic heterocycles. The van der Waals surface area contributed by atoms with Gasteiger partial charge in [0.25, 0.3) is 0 Å². The van der Waals surface area contributed by atoms with Crippen LogP contribution in [0.1, 0.15) is 31.2 Å². The number of fused-ring (bicyclic) bond motifs is 3. The minimum absolute atomic E-state index is 0.468. The number of pyridine rings is 1. The fourth-order valence-electron chi connectivity index (χ4n) is 3.84. The molecule has 0 aliphatic carbocycles. The molecule has 98 valence electrons. The molecule has 2 saturated heterocycles. The van der Waals surface area contributed by atoms with Crippen molar-refractivity contribution < 1.29 is 5.11 Å². The third-order valence-electron chi connectivity index (χ3n) is 4.65. The standard InChI is InChI=1S/C16H18N2O/c19-16(9-11-5-6-12(10-16)18-11)14-7-8-17-15-4-2-1-3-13(14)15/h1-4,7-8,11-12,18-19H,5-6,9-10H2. The fraction of sp³-hybridized carbons (Fsp3) is 0.438. The van der Waals surface area contributed by atoms with E-state index in [1.807, 2.05) is 30.5 Å². The highest BCUT2D eigenvalue weighted by molar-refractivity contribution is 5.82. The summed E-state index contributed by atoms with van der Waals surface area (Å²) in [5.41, 5.74) is 1.33. The van der Waals surface area contributed by atoms with Crippen molar-refractivity contribution in [3.63, 3.8) is 0 Å². The van der Waals surface area contributed by atoms with E-state index >= 15 is 0 Å². The van der Waals surface area contributed by atoms with Crippen molar-refractivity contribution in [3.8, 4) is 0 Å². The number of nitrogens with zero attached hydrogens (tertiary/aromatic N) is 1. The first-order chi connectivity index (χ1) is 9.24. The van der Waals surface area contributed by atoms with Crippen molar-refractivity contribution in [1.82, 2.24) is 10.3 Å². The van der Waals surface area contributed by atoms with Gasteiger partial charge in [0, 0.05) is 23.7 Å². The van der Waals surface area contributed by atoms with Crippen LogP contribution in [0.15, 0.2) is 36.5 Å². The molecule has 0 saturated carbocycles. The smallest absolute Gasteiger partial charge is 0.0933 e. The lowest BCUT2D eigenvalue weighted by Gasteiger charge is -2.38. The van der Waals surface area contributed by atoms with Crippen LogP contribution in [0.2, 0.25) is 0 Å². The van der Waals surface area contributed by atoms with E-state index in [1.165, 1.54) is 12.8 Å². The summed E-state index contributed by atoms with van der Waals surface area (Å²) in [6.07, 6.45) is 5.83. The average Bonchev–Trinajstić information content (AvgIpc) is 2.78. The number of hydrogen-bond acceptors (Lipinski definition) is 3. The molecule has 0 radical (unpaired) electrons. The molecule has 2 N–H and O–H groups in total. The molecular formula is C16H18N2O. The van der Waals surface area contributed by atoms with Crippen molar-refractivity contribution >= 4 is 10.9 Å². The zero-order chi connectivity index (χ0) is 12.9. The normalized spacial score (nSPS) is 33.7. The van der Waals surface area contributed by atoms with E-state index < -0.39 is 5.60 Å². The van der Waals surface area contributed by atoms with Crippen molar-refractivity contribution in [2.45, 2.75) is 43.4 Å². The lowest BCUT2D eigenvalue weighted by atomic mass is 9.80. The van der Waals surface area contributed by atoms with E-state index in [0.717, 1.165) is 29.3 Å². The number of aromatic nitrogens is 1. The number of hydrogen-bond donors (Lipinski definition) is 2. The minimum atomic E-state index is -0.695. The summed E-state index contributed by atoms with van der Waals surface area (Å²) in [6.45, 7) is 0. The number of aliphatic hydroxyl groups is 1. The molecule has 3 heterocycles. The van der Waals surface area contributed by atoms with Gasteiger partial charge < -0.3 is 10.4 Å². The zero-order valence-electron chi connectivity index (χ0n) is 10.8. The van der Waals surface area contributed by atoms with Gasteiger partial charge in [-0.05, 0) is 43.4 Å². The predicted octanol–water partition coefficient (Wildman–Crippen LogP) is 2.34. The fourth-order valence-corrected chi connectivity index (χ4v) is 3.84. The summed E-state index contributed by atoms with van der Waals surface area (Å²) < 4.78 is 0. The summed E-state index contributed by atoms with van der Waals surface area (Å²) in [4.78, 5) is 4.39. The van der Waals surface area contributed by atoms with Crippen molar-refractivity contribution in [3.05, 3.63) is 42.1 Å². The average molecular weight is 254 g/mol. The van der Waals surface area contributed by atoms with Crippen LogP contribution in [0.4, 0.5) is 0 Å². The molecule has 2 fully saturated rings. The van der Waals surface area contributed by atoms with E-state index in [9.17, 15) is 5.11 Å². The predicted molar refractivity (Wildman–Crippen MR) is 74.8 cm³/mol. The van der Waals surface area contributed by atoms with Crippen LogP contribution in [-0.2, 0) is 5.60 Å². The molecule has 0 amide bonds. The Hall–Kier alpha value is -1.45. The lowest BCUT2D eigenvalue weighted by Crippen LogP contribution is -2.46. The van der Waals surface area contributed by atoms with Gasteiger partial charge in [0.15, 0.2) is 0 Å². The Morgan fingerprint density at radius 2 is 1.84 bits per heavy atom. The van der Waals surface area contributed by atoms with Crippen molar-refractivity contribution in [2.75, 3.05) is 0 Å². The Bertz CT molecular complexity index is 608. The summed E-state index contributed by atoms with van der Waals surface area (Å²) in [5, 5.41) is 15.8. The first-order valence-electron chi connectivity index (χ1n) is 7.07. The summed E-state index contributed by atoms with van der Waals surface area (Å²) in [5.74, 6) is 0.